The van der Waals surface area contributed by atoms with E-state index in [1.165, 1.54) is 12.8 Å². The van der Waals surface area contributed by atoms with Crippen LogP contribution in [0.15, 0.2) is 0 Å². The maximum Gasteiger partial charge on any atom is 0.222 e. The van der Waals surface area contributed by atoms with Gasteiger partial charge in [0.25, 0.3) is 0 Å². The van der Waals surface area contributed by atoms with Gasteiger partial charge in [-0.05, 0) is 39.4 Å². The molecule has 0 saturated heterocycles. The summed E-state index contributed by atoms with van der Waals surface area (Å²) < 4.78 is 5.38. The van der Waals surface area contributed by atoms with Crippen LogP contribution in [0.3, 0.4) is 0 Å². The van der Waals surface area contributed by atoms with Crippen LogP contribution in [0, 0.1) is 0 Å². The highest BCUT2D eigenvalue weighted by Crippen LogP contribution is 2.26. The van der Waals surface area contributed by atoms with Gasteiger partial charge in [-0.25, -0.2) is 0 Å². The van der Waals surface area contributed by atoms with Gasteiger partial charge < -0.3 is 10.1 Å². The zero-order valence-corrected chi connectivity index (χ0v) is 12.0. The number of thioether (sulfide) groups is 1. The summed E-state index contributed by atoms with van der Waals surface area (Å²) in [5.74, 6) is 0.136. The van der Waals surface area contributed by atoms with Gasteiger partial charge in [0.2, 0.25) is 5.91 Å². The standard InChI is InChI=1S/C13H25NO2S/c1-10(2)16-8-7-13(15)14-11-5-4-6-12(9-11)17-3/h10-12H,4-9H2,1-3H3,(H,14,15)/t11-,12+/m0/s1. The van der Waals surface area contributed by atoms with Gasteiger partial charge in [0, 0.05) is 17.7 Å². The molecule has 4 heteroatoms. The Hall–Kier alpha value is -0.220. The third-order valence-electron chi connectivity index (χ3n) is 3.10. The highest BCUT2D eigenvalue weighted by molar-refractivity contribution is 7.99. The molecule has 1 rings (SSSR count). The van der Waals surface area contributed by atoms with Crippen LogP contribution in [0.2, 0.25) is 0 Å². The first-order valence-corrected chi connectivity index (χ1v) is 7.84. The maximum absolute atomic E-state index is 11.7. The molecule has 17 heavy (non-hydrogen) atoms. The number of ether oxygens (including phenoxy) is 1. The Bertz CT molecular complexity index is 233. The van der Waals surface area contributed by atoms with Crippen LogP contribution in [0.1, 0.15) is 46.0 Å². The van der Waals surface area contributed by atoms with Crippen molar-refractivity contribution in [2.24, 2.45) is 0 Å². The van der Waals surface area contributed by atoms with Crippen molar-refractivity contribution in [2.45, 2.75) is 63.3 Å². The first-order valence-electron chi connectivity index (χ1n) is 6.55. The third kappa shape index (κ3) is 6.32. The van der Waals surface area contributed by atoms with Gasteiger partial charge in [-0.3, -0.25) is 4.79 Å². The first kappa shape index (κ1) is 14.8. The van der Waals surface area contributed by atoms with Gasteiger partial charge in [-0.1, -0.05) is 6.42 Å². The zero-order valence-electron chi connectivity index (χ0n) is 11.2. The first-order chi connectivity index (χ1) is 8.11. The summed E-state index contributed by atoms with van der Waals surface area (Å²) in [5.41, 5.74) is 0. The van der Waals surface area contributed by atoms with E-state index >= 15 is 0 Å². The molecule has 100 valence electrons. The molecule has 1 amide bonds. The zero-order chi connectivity index (χ0) is 12.7. The van der Waals surface area contributed by atoms with Crippen molar-refractivity contribution in [1.29, 1.82) is 0 Å². The van der Waals surface area contributed by atoms with Crippen LogP contribution in [0.5, 0.6) is 0 Å². The molecule has 0 unspecified atom stereocenters. The van der Waals surface area contributed by atoms with Crippen molar-refractivity contribution in [2.75, 3.05) is 12.9 Å². The van der Waals surface area contributed by atoms with Crippen LogP contribution >= 0.6 is 11.8 Å². The number of carbonyl (C=O) groups is 1. The van der Waals surface area contributed by atoms with E-state index in [0.717, 1.165) is 18.1 Å². The minimum Gasteiger partial charge on any atom is -0.378 e. The molecular weight excluding hydrogens is 234 g/mol. The molecule has 2 atom stereocenters. The van der Waals surface area contributed by atoms with E-state index in [4.69, 9.17) is 4.74 Å². The monoisotopic (exact) mass is 259 g/mol. The average molecular weight is 259 g/mol. The van der Waals surface area contributed by atoms with Gasteiger partial charge in [0.1, 0.15) is 0 Å². The van der Waals surface area contributed by atoms with E-state index in [1.807, 2.05) is 25.6 Å². The van der Waals surface area contributed by atoms with Crippen LogP contribution in [-0.4, -0.2) is 36.2 Å². The van der Waals surface area contributed by atoms with E-state index in [2.05, 4.69) is 11.6 Å². The van der Waals surface area contributed by atoms with Crippen molar-refractivity contribution in [3.05, 3.63) is 0 Å². The molecule has 1 saturated carbocycles. The number of nitrogens with one attached hydrogen (secondary N) is 1. The molecule has 0 aliphatic heterocycles. The summed E-state index contributed by atoms with van der Waals surface area (Å²) in [4.78, 5) is 11.7. The van der Waals surface area contributed by atoms with E-state index in [9.17, 15) is 4.79 Å². The molecule has 0 bridgehead atoms. The maximum atomic E-state index is 11.7. The quantitative estimate of drug-likeness (QED) is 0.797. The average Bonchev–Trinajstić information content (AvgIpc) is 2.28. The van der Waals surface area contributed by atoms with E-state index in [1.54, 1.807) is 0 Å². The lowest BCUT2D eigenvalue weighted by Gasteiger charge is -2.28. The lowest BCUT2D eigenvalue weighted by Crippen LogP contribution is -2.39. The van der Waals surface area contributed by atoms with Gasteiger partial charge in [0.05, 0.1) is 12.7 Å². The lowest BCUT2D eigenvalue weighted by atomic mass is 9.95. The Labute approximate surface area is 109 Å². The molecule has 0 radical (unpaired) electrons. The van der Waals surface area contributed by atoms with E-state index in [-0.39, 0.29) is 12.0 Å². The van der Waals surface area contributed by atoms with Gasteiger partial charge >= 0.3 is 0 Å². The van der Waals surface area contributed by atoms with Gasteiger partial charge in [-0.2, -0.15) is 11.8 Å². The van der Waals surface area contributed by atoms with Crippen LogP contribution < -0.4 is 5.32 Å². The summed E-state index contributed by atoms with van der Waals surface area (Å²) >= 11 is 1.92. The molecule has 0 spiro atoms. The van der Waals surface area contributed by atoms with Crippen molar-refractivity contribution in [1.82, 2.24) is 5.32 Å². The molecule has 0 aromatic rings. The number of hydrogen-bond acceptors (Lipinski definition) is 3. The summed E-state index contributed by atoms with van der Waals surface area (Å²) in [6.45, 7) is 4.51. The number of carbonyl (C=O) groups excluding carboxylic acids is 1. The van der Waals surface area contributed by atoms with Crippen LogP contribution in [-0.2, 0) is 9.53 Å². The van der Waals surface area contributed by atoms with Crippen molar-refractivity contribution in [3.8, 4) is 0 Å². The molecule has 1 aliphatic carbocycles. The molecule has 0 aromatic carbocycles. The topological polar surface area (TPSA) is 38.3 Å². The van der Waals surface area contributed by atoms with Crippen LogP contribution in [0.4, 0.5) is 0 Å². The normalized spacial score (nSPS) is 24.9. The fourth-order valence-corrected chi connectivity index (χ4v) is 3.00. The van der Waals surface area contributed by atoms with E-state index in [0.29, 0.717) is 19.1 Å². The second-order valence-electron chi connectivity index (χ2n) is 4.96. The summed E-state index contributed by atoms with van der Waals surface area (Å²) in [7, 11) is 0. The Morgan fingerprint density at radius 1 is 1.47 bits per heavy atom. The predicted molar refractivity (Wildman–Crippen MR) is 73.4 cm³/mol. The van der Waals surface area contributed by atoms with Crippen molar-refractivity contribution < 1.29 is 9.53 Å². The minimum absolute atomic E-state index is 0.136. The largest absolute Gasteiger partial charge is 0.378 e. The van der Waals surface area contributed by atoms with Gasteiger partial charge in [0.15, 0.2) is 0 Å². The third-order valence-corrected chi connectivity index (χ3v) is 4.20. The molecule has 0 aromatic heterocycles. The number of hydrogen-bond donors (Lipinski definition) is 1. The Balaban J connectivity index is 2.17. The fraction of sp³-hybridized carbons (Fsp3) is 0.923. The summed E-state index contributed by atoms with van der Waals surface area (Å²) in [6, 6.07) is 0.382. The second kappa shape index (κ2) is 7.98. The minimum atomic E-state index is 0.136. The molecule has 1 fully saturated rings. The Morgan fingerprint density at radius 2 is 2.24 bits per heavy atom. The summed E-state index contributed by atoms with van der Waals surface area (Å²) in [6.07, 6.45) is 7.64. The SMILES string of the molecule is CS[C@@H]1CCC[C@H](NC(=O)CCOC(C)C)C1. The predicted octanol–water partition coefficient (Wildman–Crippen LogP) is 2.59. The summed E-state index contributed by atoms with van der Waals surface area (Å²) in [5, 5.41) is 3.85. The Kier molecular flexibility index (Phi) is 6.97. The lowest BCUT2D eigenvalue weighted by molar-refractivity contribution is -0.123. The highest BCUT2D eigenvalue weighted by Gasteiger charge is 2.22. The van der Waals surface area contributed by atoms with Crippen LogP contribution in [0.25, 0.3) is 0 Å². The Morgan fingerprint density at radius 3 is 2.88 bits per heavy atom. The highest BCUT2D eigenvalue weighted by atomic mass is 32.2. The molecule has 1 N–H and O–H groups in total. The second-order valence-corrected chi connectivity index (χ2v) is 6.10. The fourth-order valence-electron chi connectivity index (χ4n) is 2.18. The van der Waals surface area contributed by atoms with Crippen molar-refractivity contribution in [3.63, 3.8) is 0 Å². The molecule has 3 nitrogen and oxygen atoms in total. The molecule has 0 heterocycles. The number of amides is 1. The van der Waals surface area contributed by atoms with E-state index < -0.39 is 0 Å². The molecule has 1 aliphatic rings. The smallest absolute Gasteiger partial charge is 0.222 e. The van der Waals surface area contributed by atoms with Crippen molar-refractivity contribution >= 4 is 17.7 Å². The molecular formula is C13H25NO2S. The number of rotatable bonds is 6. The van der Waals surface area contributed by atoms with Gasteiger partial charge in [-0.15, -0.1) is 0 Å².